The number of nitrogens with one attached hydrogen (secondary N) is 1. The van der Waals surface area contributed by atoms with Crippen molar-refractivity contribution in [3.05, 3.63) is 52.3 Å². The van der Waals surface area contributed by atoms with E-state index in [2.05, 4.69) is 21.4 Å². The van der Waals surface area contributed by atoms with Crippen molar-refractivity contribution in [3.8, 4) is 0 Å². The number of oxazole rings is 1. The standard InChI is InChI=1S/C20H23N5O2S/c1-12-11-21-20(28-12)24-17-6-4-5-16(23-17)15-7-9-25(10-8-15)19(26)18-13(2)22-14(3)27-18/h4-6,11,15H,7-10H2,1-3H3,(H,21,23,24). The highest BCUT2D eigenvalue weighted by Gasteiger charge is 2.28. The zero-order valence-electron chi connectivity index (χ0n) is 16.2. The first-order valence-corrected chi connectivity index (χ1v) is 10.2. The fourth-order valence-electron chi connectivity index (χ4n) is 3.52. The minimum atomic E-state index is -0.0703. The van der Waals surface area contributed by atoms with Gasteiger partial charge in [0.2, 0.25) is 5.76 Å². The number of hydrogen-bond donors (Lipinski definition) is 1. The van der Waals surface area contributed by atoms with Crippen LogP contribution < -0.4 is 5.32 Å². The van der Waals surface area contributed by atoms with E-state index in [1.165, 1.54) is 0 Å². The molecule has 3 aromatic rings. The van der Waals surface area contributed by atoms with Gasteiger partial charge in [-0.1, -0.05) is 6.07 Å². The van der Waals surface area contributed by atoms with Gasteiger partial charge in [0.05, 0.1) is 5.69 Å². The van der Waals surface area contributed by atoms with Gasteiger partial charge in [0.15, 0.2) is 11.0 Å². The highest BCUT2D eigenvalue weighted by Crippen LogP contribution is 2.29. The predicted molar refractivity (Wildman–Crippen MR) is 108 cm³/mol. The lowest BCUT2D eigenvalue weighted by molar-refractivity contribution is 0.0677. The highest BCUT2D eigenvalue weighted by molar-refractivity contribution is 7.15. The van der Waals surface area contributed by atoms with Crippen molar-refractivity contribution < 1.29 is 9.21 Å². The molecule has 0 radical (unpaired) electrons. The zero-order chi connectivity index (χ0) is 19.7. The number of amides is 1. The van der Waals surface area contributed by atoms with Crippen LogP contribution in [0.2, 0.25) is 0 Å². The van der Waals surface area contributed by atoms with E-state index in [9.17, 15) is 4.79 Å². The van der Waals surface area contributed by atoms with Crippen LogP contribution in [0.1, 0.15) is 51.5 Å². The fraction of sp³-hybridized carbons (Fsp3) is 0.400. The number of likely N-dealkylation sites (tertiary alicyclic amines) is 1. The van der Waals surface area contributed by atoms with E-state index in [1.807, 2.05) is 37.1 Å². The predicted octanol–water partition coefficient (Wildman–Crippen LogP) is 4.21. The minimum absolute atomic E-state index is 0.0703. The number of aromatic nitrogens is 3. The van der Waals surface area contributed by atoms with Crippen molar-refractivity contribution in [2.75, 3.05) is 18.4 Å². The number of aryl methyl sites for hydroxylation is 3. The van der Waals surface area contributed by atoms with Gasteiger partial charge in [-0.3, -0.25) is 4.79 Å². The fourth-order valence-corrected chi connectivity index (χ4v) is 4.19. The van der Waals surface area contributed by atoms with Gasteiger partial charge in [-0.2, -0.15) is 0 Å². The van der Waals surface area contributed by atoms with E-state index in [-0.39, 0.29) is 5.91 Å². The number of carbonyl (C=O) groups is 1. The van der Waals surface area contributed by atoms with Gasteiger partial charge in [-0.15, -0.1) is 11.3 Å². The summed E-state index contributed by atoms with van der Waals surface area (Å²) >= 11 is 1.61. The van der Waals surface area contributed by atoms with E-state index in [0.29, 0.717) is 36.4 Å². The molecule has 7 nitrogen and oxygen atoms in total. The monoisotopic (exact) mass is 397 g/mol. The average molecular weight is 398 g/mol. The second-order valence-electron chi connectivity index (χ2n) is 7.06. The SMILES string of the molecule is Cc1nc(C)c(C(=O)N2CCC(c3cccc(Nc4ncc(C)s4)n3)CC2)o1. The van der Waals surface area contributed by atoms with Gasteiger partial charge < -0.3 is 14.6 Å². The number of rotatable bonds is 4. The number of anilines is 2. The van der Waals surface area contributed by atoms with E-state index in [1.54, 1.807) is 18.3 Å². The molecule has 1 N–H and O–H groups in total. The molecule has 0 bridgehead atoms. The number of pyridine rings is 1. The topological polar surface area (TPSA) is 84.2 Å². The zero-order valence-corrected chi connectivity index (χ0v) is 17.0. The molecule has 1 saturated heterocycles. The van der Waals surface area contributed by atoms with Crippen molar-refractivity contribution >= 4 is 28.2 Å². The van der Waals surface area contributed by atoms with Crippen LogP contribution in [0.4, 0.5) is 10.9 Å². The second-order valence-corrected chi connectivity index (χ2v) is 8.30. The second kappa shape index (κ2) is 7.71. The molecule has 8 heteroatoms. The number of piperidine rings is 1. The molecule has 1 aliphatic heterocycles. The lowest BCUT2D eigenvalue weighted by Gasteiger charge is -2.31. The van der Waals surface area contributed by atoms with Crippen molar-refractivity contribution in [1.29, 1.82) is 0 Å². The number of hydrogen-bond acceptors (Lipinski definition) is 7. The summed E-state index contributed by atoms with van der Waals surface area (Å²) in [4.78, 5) is 29.0. The maximum atomic E-state index is 12.7. The van der Waals surface area contributed by atoms with Crippen LogP contribution in [0, 0.1) is 20.8 Å². The normalized spacial score (nSPS) is 15.0. The molecule has 0 aliphatic carbocycles. The average Bonchev–Trinajstić information content (AvgIpc) is 3.25. The molecule has 0 aromatic carbocycles. The van der Waals surface area contributed by atoms with E-state index < -0.39 is 0 Å². The smallest absolute Gasteiger partial charge is 0.291 e. The molecule has 0 atom stereocenters. The Bertz CT molecular complexity index is 988. The van der Waals surface area contributed by atoms with Crippen LogP contribution in [0.5, 0.6) is 0 Å². The van der Waals surface area contributed by atoms with E-state index in [4.69, 9.17) is 9.40 Å². The summed E-state index contributed by atoms with van der Waals surface area (Å²) in [5.74, 6) is 1.96. The molecule has 0 spiro atoms. The van der Waals surface area contributed by atoms with Crippen LogP contribution >= 0.6 is 11.3 Å². The first kappa shape index (κ1) is 18.6. The van der Waals surface area contributed by atoms with Gasteiger partial charge in [0.1, 0.15) is 5.82 Å². The Hall–Kier alpha value is -2.74. The third kappa shape index (κ3) is 3.91. The van der Waals surface area contributed by atoms with Crippen LogP contribution in [-0.2, 0) is 0 Å². The molecular formula is C20H23N5O2S. The molecule has 1 amide bonds. The molecule has 0 saturated carbocycles. The molecule has 4 rings (SSSR count). The summed E-state index contributed by atoms with van der Waals surface area (Å²) in [5, 5.41) is 4.12. The summed E-state index contributed by atoms with van der Waals surface area (Å²) in [6.45, 7) is 6.98. The molecule has 3 aromatic heterocycles. The van der Waals surface area contributed by atoms with Crippen LogP contribution in [0.3, 0.4) is 0 Å². The van der Waals surface area contributed by atoms with Crippen molar-refractivity contribution in [2.24, 2.45) is 0 Å². The lowest BCUT2D eigenvalue weighted by atomic mass is 9.93. The van der Waals surface area contributed by atoms with Crippen LogP contribution in [-0.4, -0.2) is 38.8 Å². The summed E-state index contributed by atoms with van der Waals surface area (Å²) in [5.41, 5.74) is 1.71. The van der Waals surface area contributed by atoms with Crippen LogP contribution in [0.25, 0.3) is 0 Å². The van der Waals surface area contributed by atoms with Gasteiger partial charge in [-0.25, -0.2) is 15.0 Å². The van der Waals surface area contributed by atoms with E-state index >= 15 is 0 Å². The first-order chi connectivity index (χ1) is 13.5. The Morgan fingerprint density at radius 1 is 1.21 bits per heavy atom. The van der Waals surface area contributed by atoms with Gasteiger partial charge in [-0.05, 0) is 38.8 Å². The molecule has 28 heavy (non-hydrogen) atoms. The summed E-state index contributed by atoms with van der Waals surface area (Å²) in [7, 11) is 0. The maximum absolute atomic E-state index is 12.7. The van der Waals surface area contributed by atoms with Gasteiger partial charge >= 0.3 is 0 Å². The first-order valence-electron chi connectivity index (χ1n) is 9.39. The molecule has 1 fully saturated rings. The molecule has 0 unspecified atom stereocenters. The molecular weight excluding hydrogens is 374 g/mol. The molecule has 146 valence electrons. The van der Waals surface area contributed by atoms with Crippen LogP contribution in [0.15, 0.2) is 28.8 Å². The Labute approximate surface area is 167 Å². The third-order valence-electron chi connectivity index (χ3n) is 4.93. The van der Waals surface area contributed by atoms with E-state index in [0.717, 1.165) is 34.4 Å². The van der Waals surface area contributed by atoms with Gasteiger partial charge in [0, 0.05) is 42.7 Å². The summed E-state index contributed by atoms with van der Waals surface area (Å²) in [6.07, 6.45) is 3.61. The quantitative estimate of drug-likeness (QED) is 0.710. The van der Waals surface area contributed by atoms with Gasteiger partial charge in [0.25, 0.3) is 5.91 Å². The third-order valence-corrected chi connectivity index (χ3v) is 5.75. The Morgan fingerprint density at radius 3 is 2.64 bits per heavy atom. The number of nitrogens with zero attached hydrogens (tertiary/aromatic N) is 4. The summed E-state index contributed by atoms with van der Waals surface area (Å²) in [6, 6.07) is 6.03. The van der Waals surface area contributed by atoms with Crippen molar-refractivity contribution in [1.82, 2.24) is 19.9 Å². The van der Waals surface area contributed by atoms with Crippen molar-refractivity contribution in [3.63, 3.8) is 0 Å². The highest BCUT2D eigenvalue weighted by atomic mass is 32.1. The summed E-state index contributed by atoms with van der Waals surface area (Å²) < 4.78 is 5.49. The Morgan fingerprint density at radius 2 is 2.00 bits per heavy atom. The maximum Gasteiger partial charge on any atom is 0.291 e. The Balaban J connectivity index is 1.40. The number of carbonyl (C=O) groups excluding carboxylic acids is 1. The lowest BCUT2D eigenvalue weighted by Crippen LogP contribution is -2.38. The Kier molecular flexibility index (Phi) is 5.13. The van der Waals surface area contributed by atoms with Crippen molar-refractivity contribution in [2.45, 2.75) is 39.5 Å². The minimum Gasteiger partial charge on any atom is -0.436 e. The molecule has 4 heterocycles. The molecule has 1 aliphatic rings. The largest absolute Gasteiger partial charge is 0.436 e. The number of thiazole rings is 1.